The SMILES string of the molecule is CCC(Cc1ccc(NS(=O)(=O)c2cn[nH]c2)cc1)C(=O)O. The van der Waals surface area contributed by atoms with Gasteiger partial charge in [-0.05, 0) is 30.5 Å². The van der Waals surface area contributed by atoms with Gasteiger partial charge in [-0.3, -0.25) is 14.6 Å². The van der Waals surface area contributed by atoms with Crippen molar-refractivity contribution in [2.45, 2.75) is 24.7 Å². The van der Waals surface area contributed by atoms with Crippen LogP contribution in [-0.2, 0) is 21.2 Å². The number of aromatic nitrogens is 2. The van der Waals surface area contributed by atoms with Gasteiger partial charge in [-0.1, -0.05) is 19.1 Å². The predicted molar refractivity (Wildman–Crippen MR) is 81.0 cm³/mol. The van der Waals surface area contributed by atoms with Crippen molar-refractivity contribution in [2.75, 3.05) is 4.72 Å². The molecule has 3 N–H and O–H groups in total. The molecule has 22 heavy (non-hydrogen) atoms. The molecule has 118 valence electrons. The summed E-state index contributed by atoms with van der Waals surface area (Å²) in [6.45, 7) is 1.83. The minimum atomic E-state index is -3.66. The fourth-order valence-electron chi connectivity index (χ4n) is 2.00. The van der Waals surface area contributed by atoms with Crippen molar-refractivity contribution < 1.29 is 18.3 Å². The highest BCUT2D eigenvalue weighted by atomic mass is 32.2. The average Bonchev–Trinajstić information content (AvgIpc) is 3.01. The van der Waals surface area contributed by atoms with Gasteiger partial charge in [-0.25, -0.2) is 8.42 Å². The third kappa shape index (κ3) is 3.85. The zero-order valence-electron chi connectivity index (χ0n) is 12.0. The number of nitrogens with zero attached hydrogens (tertiary/aromatic N) is 1. The highest BCUT2D eigenvalue weighted by Gasteiger charge is 2.17. The Morgan fingerprint density at radius 1 is 1.36 bits per heavy atom. The van der Waals surface area contributed by atoms with Gasteiger partial charge in [0.05, 0.1) is 12.1 Å². The maximum atomic E-state index is 12.0. The lowest BCUT2D eigenvalue weighted by Gasteiger charge is -2.11. The average molecular weight is 323 g/mol. The number of nitrogens with one attached hydrogen (secondary N) is 2. The van der Waals surface area contributed by atoms with E-state index in [4.69, 9.17) is 5.11 Å². The van der Waals surface area contributed by atoms with Crippen LogP contribution in [0, 0.1) is 5.92 Å². The molecule has 1 unspecified atom stereocenters. The molecule has 0 bridgehead atoms. The number of H-pyrrole nitrogens is 1. The van der Waals surface area contributed by atoms with Gasteiger partial charge >= 0.3 is 5.97 Å². The van der Waals surface area contributed by atoms with Crippen molar-refractivity contribution in [2.24, 2.45) is 5.92 Å². The minimum absolute atomic E-state index is 0.0495. The van der Waals surface area contributed by atoms with Gasteiger partial charge in [0, 0.05) is 11.9 Å². The van der Waals surface area contributed by atoms with Gasteiger partial charge in [0.2, 0.25) is 0 Å². The molecule has 8 heteroatoms. The van der Waals surface area contributed by atoms with E-state index in [-0.39, 0.29) is 4.90 Å². The third-order valence-corrected chi connectivity index (χ3v) is 4.66. The first-order chi connectivity index (χ1) is 10.4. The number of benzene rings is 1. The highest BCUT2D eigenvalue weighted by Crippen LogP contribution is 2.18. The number of sulfonamides is 1. The molecule has 0 saturated carbocycles. The Kier molecular flexibility index (Phi) is 4.81. The molecule has 1 heterocycles. The first kappa shape index (κ1) is 16.0. The number of aliphatic carboxylic acids is 1. The fourth-order valence-corrected chi connectivity index (χ4v) is 2.96. The van der Waals surface area contributed by atoms with Gasteiger partial charge in [0.25, 0.3) is 10.0 Å². The summed E-state index contributed by atoms with van der Waals surface area (Å²) in [5.74, 6) is -1.26. The second-order valence-electron chi connectivity index (χ2n) is 4.88. The largest absolute Gasteiger partial charge is 0.481 e. The molecule has 1 atom stereocenters. The van der Waals surface area contributed by atoms with Crippen molar-refractivity contribution in [3.05, 3.63) is 42.2 Å². The number of carbonyl (C=O) groups is 1. The van der Waals surface area contributed by atoms with E-state index in [1.165, 1.54) is 12.4 Å². The first-order valence-electron chi connectivity index (χ1n) is 6.75. The van der Waals surface area contributed by atoms with Crippen LogP contribution in [0.2, 0.25) is 0 Å². The monoisotopic (exact) mass is 323 g/mol. The third-order valence-electron chi connectivity index (χ3n) is 3.31. The number of aromatic amines is 1. The lowest BCUT2D eigenvalue weighted by molar-refractivity contribution is -0.141. The van der Waals surface area contributed by atoms with E-state index in [9.17, 15) is 13.2 Å². The van der Waals surface area contributed by atoms with Crippen molar-refractivity contribution in [1.82, 2.24) is 10.2 Å². The smallest absolute Gasteiger partial charge is 0.306 e. The second kappa shape index (κ2) is 6.61. The molecule has 2 aromatic rings. The number of carboxylic acid groups (broad SMARTS) is 1. The molecule has 1 aromatic heterocycles. The second-order valence-corrected chi connectivity index (χ2v) is 6.57. The molecule has 1 aromatic carbocycles. The Morgan fingerprint density at radius 3 is 2.55 bits per heavy atom. The zero-order valence-corrected chi connectivity index (χ0v) is 12.8. The van der Waals surface area contributed by atoms with Gasteiger partial charge in [-0.2, -0.15) is 5.10 Å². The van der Waals surface area contributed by atoms with Crippen LogP contribution < -0.4 is 4.72 Å². The minimum Gasteiger partial charge on any atom is -0.481 e. The molecule has 0 radical (unpaired) electrons. The molecule has 0 amide bonds. The van der Waals surface area contributed by atoms with E-state index in [1.54, 1.807) is 24.3 Å². The summed E-state index contributed by atoms with van der Waals surface area (Å²) in [5, 5.41) is 15.1. The maximum absolute atomic E-state index is 12.0. The van der Waals surface area contributed by atoms with Crippen LogP contribution in [0.4, 0.5) is 5.69 Å². The zero-order chi connectivity index (χ0) is 16.2. The van der Waals surface area contributed by atoms with Crippen LogP contribution in [0.25, 0.3) is 0 Å². The molecular weight excluding hydrogens is 306 g/mol. The lowest BCUT2D eigenvalue weighted by atomic mass is 9.97. The van der Waals surface area contributed by atoms with Crippen LogP contribution >= 0.6 is 0 Å². The molecule has 0 fully saturated rings. The van der Waals surface area contributed by atoms with Crippen LogP contribution in [0.15, 0.2) is 41.6 Å². The standard InChI is InChI=1S/C14H17N3O4S/c1-2-11(14(18)19)7-10-3-5-12(6-4-10)17-22(20,21)13-8-15-16-9-13/h3-6,8-9,11,17H,2,7H2,1H3,(H,15,16)(H,18,19). The van der Waals surface area contributed by atoms with E-state index in [1.807, 2.05) is 6.92 Å². The van der Waals surface area contributed by atoms with Crippen molar-refractivity contribution in [3.63, 3.8) is 0 Å². The molecule has 0 aliphatic carbocycles. The van der Waals surface area contributed by atoms with Crippen molar-refractivity contribution in [3.8, 4) is 0 Å². The maximum Gasteiger partial charge on any atom is 0.306 e. The van der Waals surface area contributed by atoms with E-state index in [2.05, 4.69) is 14.9 Å². The van der Waals surface area contributed by atoms with Crippen LogP contribution in [0.1, 0.15) is 18.9 Å². The van der Waals surface area contributed by atoms with E-state index in [0.717, 1.165) is 5.56 Å². The molecular formula is C14H17N3O4S. The van der Waals surface area contributed by atoms with Gasteiger partial charge in [-0.15, -0.1) is 0 Å². The summed E-state index contributed by atoms with van der Waals surface area (Å²) in [4.78, 5) is 11.1. The number of carboxylic acids is 1. The van der Waals surface area contributed by atoms with E-state index in [0.29, 0.717) is 18.5 Å². The Labute approximate surface area is 128 Å². The summed E-state index contributed by atoms with van der Waals surface area (Å²) >= 11 is 0. The number of hydrogen-bond donors (Lipinski definition) is 3. The van der Waals surface area contributed by atoms with Crippen LogP contribution in [0.5, 0.6) is 0 Å². The van der Waals surface area contributed by atoms with Crippen LogP contribution in [0.3, 0.4) is 0 Å². The summed E-state index contributed by atoms with van der Waals surface area (Å²) in [6.07, 6.45) is 3.47. The van der Waals surface area contributed by atoms with Crippen LogP contribution in [-0.4, -0.2) is 29.7 Å². The molecule has 2 rings (SSSR count). The molecule has 0 saturated heterocycles. The number of rotatable bonds is 7. The van der Waals surface area contributed by atoms with Crippen molar-refractivity contribution >= 4 is 21.7 Å². The number of anilines is 1. The first-order valence-corrected chi connectivity index (χ1v) is 8.24. The predicted octanol–water partition coefficient (Wildman–Crippen LogP) is 1.86. The Balaban J connectivity index is 2.08. The molecule has 7 nitrogen and oxygen atoms in total. The molecule has 0 aliphatic rings. The normalized spacial score (nSPS) is 12.8. The van der Waals surface area contributed by atoms with E-state index < -0.39 is 21.9 Å². The van der Waals surface area contributed by atoms with Crippen molar-refractivity contribution in [1.29, 1.82) is 0 Å². The fraction of sp³-hybridized carbons (Fsp3) is 0.286. The van der Waals surface area contributed by atoms with Gasteiger partial charge < -0.3 is 5.11 Å². The van der Waals surface area contributed by atoms with E-state index >= 15 is 0 Å². The van der Waals surface area contributed by atoms with Gasteiger partial charge in [0.1, 0.15) is 4.90 Å². The lowest BCUT2D eigenvalue weighted by Crippen LogP contribution is -2.15. The summed E-state index contributed by atoms with van der Waals surface area (Å²) in [6, 6.07) is 6.67. The molecule has 0 aliphatic heterocycles. The summed E-state index contributed by atoms with van der Waals surface area (Å²) in [5.41, 5.74) is 1.26. The highest BCUT2D eigenvalue weighted by molar-refractivity contribution is 7.92. The summed E-state index contributed by atoms with van der Waals surface area (Å²) in [7, 11) is -3.66. The number of hydrogen-bond acceptors (Lipinski definition) is 4. The topological polar surface area (TPSA) is 112 Å². The molecule has 0 spiro atoms. The van der Waals surface area contributed by atoms with Gasteiger partial charge in [0.15, 0.2) is 0 Å². The summed E-state index contributed by atoms with van der Waals surface area (Å²) < 4.78 is 26.5. The quantitative estimate of drug-likeness (QED) is 0.720. The Hall–Kier alpha value is -2.35. The Bertz CT molecular complexity index is 724. The Morgan fingerprint density at radius 2 is 2.05 bits per heavy atom.